The van der Waals surface area contributed by atoms with Crippen molar-refractivity contribution >= 4 is 46.6 Å². The van der Waals surface area contributed by atoms with Crippen molar-refractivity contribution in [2.24, 2.45) is 0 Å². The second-order valence-electron chi connectivity index (χ2n) is 11.9. The average Bonchev–Trinajstić information content (AvgIpc) is 3.42. The van der Waals surface area contributed by atoms with Gasteiger partial charge < -0.3 is 23.4 Å². The van der Waals surface area contributed by atoms with Gasteiger partial charge in [-0.15, -0.1) is 0 Å². The molecule has 5 rings (SSSR count). The topological polar surface area (TPSA) is 80.3 Å². The molecule has 2 heterocycles. The Bertz CT molecular complexity index is 1350. The summed E-state index contributed by atoms with van der Waals surface area (Å²) in [5, 5.41) is 2.03. The third kappa shape index (κ3) is 5.73. The number of halogens is 1. The van der Waals surface area contributed by atoms with Crippen LogP contribution in [0.2, 0.25) is 5.04 Å². The molecule has 3 aromatic rings. The Kier molecular flexibility index (Phi) is 8.79. The molecule has 2 aliphatic rings. The van der Waals surface area contributed by atoms with E-state index in [-0.39, 0.29) is 18.1 Å². The van der Waals surface area contributed by atoms with Gasteiger partial charge in [-0.25, -0.2) is 0 Å². The van der Waals surface area contributed by atoms with E-state index >= 15 is 0 Å². The van der Waals surface area contributed by atoms with Crippen LogP contribution in [0.15, 0.2) is 89.4 Å². The molecule has 0 saturated carbocycles. The van der Waals surface area contributed by atoms with E-state index in [1.807, 2.05) is 60.7 Å². The van der Waals surface area contributed by atoms with Crippen molar-refractivity contribution in [3.63, 3.8) is 0 Å². The second-order valence-corrected chi connectivity index (χ2v) is 17.1. The zero-order valence-corrected chi connectivity index (χ0v) is 27.1. The smallest absolute Gasteiger partial charge is 0.304 e. The van der Waals surface area contributed by atoms with E-state index in [1.165, 1.54) is 13.8 Å². The predicted molar refractivity (Wildman–Crippen MR) is 165 cm³/mol. The highest BCUT2D eigenvalue weighted by atomic mass is 79.9. The Hall–Kier alpha value is -2.82. The molecule has 0 amide bonds. The molecule has 0 bridgehead atoms. The summed E-state index contributed by atoms with van der Waals surface area (Å²) in [6.07, 6.45) is -2.72. The summed E-state index contributed by atoms with van der Waals surface area (Å²) in [6.45, 7) is 9.52. The minimum atomic E-state index is -2.91. The number of hydrogen-bond donors (Lipinski definition) is 0. The van der Waals surface area contributed by atoms with Crippen LogP contribution in [0.1, 0.15) is 46.6 Å². The molecule has 0 radical (unpaired) electrons. The molecule has 0 aliphatic carbocycles. The first kappa shape index (κ1) is 30.6. The Morgan fingerprint density at radius 3 is 1.93 bits per heavy atom. The van der Waals surface area contributed by atoms with E-state index in [4.69, 9.17) is 23.4 Å². The van der Waals surface area contributed by atoms with Gasteiger partial charge >= 0.3 is 11.9 Å². The first-order valence-corrected chi connectivity index (χ1v) is 16.9. The standard InChI is InChI=1S/C33H37BrO7Si/c1-22(35)38-29-20-33(24-16-18-25(34)19-17-24)31(40-29)30(39-23(2)36)28(41-33)21-37-42(32(3,4)5,26-12-8-6-9-13-26)27-14-10-7-11-15-27/h6-19,28-31H,20-21H2,1-5H3/t28-,29?,30-,31-,33+/m1/s1. The van der Waals surface area contributed by atoms with Gasteiger partial charge in [0.2, 0.25) is 6.29 Å². The number of hydrogen-bond acceptors (Lipinski definition) is 7. The van der Waals surface area contributed by atoms with Gasteiger partial charge in [0.15, 0.2) is 6.10 Å². The van der Waals surface area contributed by atoms with Gasteiger partial charge in [0.05, 0.1) is 6.61 Å². The fraction of sp³-hybridized carbons (Fsp3) is 0.394. The maximum absolute atomic E-state index is 12.4. The molecule has 2 aliphatic heterocycles. The highest BCUT2D eigenvalue weighted by Crippen LogP contribution is 2.52. The maximum Gasteiger partial charge on any atom is 0.304 e. The van der Waals surface area contributed by atoms with Crippen molar-refractivity contribution in [3.05, 3.63) is 95.0 Å². The van der Waals surface area contributed by atoms with Gasteiger partial charge in [-0.3, -0.25) is 9.59 Å². The van der Waals surface area contributed by atoms with E-state index in [1.54, 1.807) is 0 Å². The molecule has 42 heavy (non-hydrogen) atoms. The molecule has 7 nitrogen and oxygen atoms in total. The van der Waals surface area contributed by atoms with Crippen molar-refractivity contribution in [1.29, 1.82) is 0 Å². The lowest BCUT2D eigenvalue weighted by molar-refractivity contribution is -0.186. The van der Waals surface area contributed by atoms with Crippen LogP contribution in [0.4, 0.5) is 0 Å². The number of rotatable bonds is 8. The summed E-state index contributed by atoms with van der Waals surface area (Å²) in [7, 11) is -2.91. The molecule has 2 fully saturated rings. The second kappa shape index (κ2) is 12.0. The van der Waals surface area contributed by atoms with Gasteiger partial charge in [0, 0.05) is 24.7 Å². The van der Waals surface area contributed by atoms with Crippen LogP contribution in [0.3, 0.4) is 0 Å². The summed E-state index contributed by atoms with van der Waals surface area (Å²) >= 11 is 3.51. The van der Waals surface area contributed by atoms with Crippen LogP contribution in [0, 0.1) is 0 Å². The Morgan fingerprint density at radius 2 is 1.43 bits per heavy atom. The van der Waals surface area contributed by atoms with E-state index in [9.17, 15) is 9.59 Å². The Morgan fingerprint density at radius 1 is 0.881 bits per heavy atom. The zero-order chi connectivity index (χ0) is 30.1. The van der Waals surface area contributed by atoms with E-state index in [0.717, 1.165) is 20.4 Å². The number of carbonyl (C=O) groups is 2. The van der Waals surface area contributed by atoms with Gasteiger partial charge in [-0.2, -0.15) is 0 Å². The van der Waals surface area contributed by atoms with Gasteiger partial charge in [-0.05, 0) is 33.1 Å². The lowest BCUT2D eigenvalue weighted by Crippen LogP contribution is -2.67. The molecule has 1 unspecified atom stereocenters. The minimum Gasteiger partial charge on any atom is -0.457 e. The van der Waals surface area contributed by atoms with E-state index < -0.39 is 50.5 Å². The largest absolute Gasteiger partial charge is 0.457 e. The zero-order valence-electron chi connectivity index (χ0n) is 24.5. The summed E-state index contributed by atoms with van der Waals surface area (Å²) in [5.74, 6) is -0.910. The molecule has 0 spiro atoms. The molecule has 9 heteroatoms. The fourth-order valence-corrected chi connectivity index (χ4v) is 11.3. The molecule has 5 atom stereocenters. The molecule has 0 aromatic heterocycles. The highest BCUT2D eigenvalue weighted by Gasteiger charge is 2.65. The third-order valence-electron chi connectivity index (χ3n) is 8.07. The van der Waals surface area contributed by atoms with Gasteiger partial charge in [0.1, 0.15) is 17.8 Å². The lowest BCUT2D eigenvalue weighted by atomic mass is 9.86. The molecular formula is C33H37BrO7Si. The van der Waals surface area contributed by atoms with Crippen molar-refractivity contribution in [1.82, 2.24) is 0 Å². The van der Waals surface area contributed by atoms with E-state index in [0.29, 0.717) is 0 Å². The van der Waals surface area contributed by atoms with Crippen LogP contribution in [0.25, 0.3) is 0 Å². The summed E-state index contributed by atoms with van der Waals surface area (Å²) < 4.78 is 32.7. The summed E-state index contributed by atoms with van der Waals surface area (Å²) in [5.41, 5.74) is -0.170. The first-order valence-electron chi connectivity index (χ1n) is 14.1. The number of benzene rings is 3. The maximum atomic E-state index is 12.4. The summed E-state index contributed by atoms with van der Waals surface area (Å²) in [4.78, 5) is 24.3. The van der Waals surface area contributed by atoms with Crippen LogP contribution in [-0.2, 0) is 38.6 Å². The van der Waals surface area contributed by atoms with E-state index in [2.05, 4.69) is 61.0 Å². The normalized spacial score (nSPS) is 25.6. The molecular weight excluding hydrogens is 616 g/mol. The quantitative estimate of drug-likeness (QED) is 0.244. The van der Waals surface area contributed by atoms with Crippen molar-refractivity contribution < 1.29 is 33.0 Å². The average molecular weight is 654 g/mol. The minimum absolute atomic E-state index is 0.168. The number of esters is 2. The van der Waals surface area contributed by atoms with Crippen LogP contribution in [-0.4, -0.2) is 51.5 Å². The fourth-order valence-electron chi connectivity index (χ4n) is 6.44. The number of fused-ring (bicyclic) bond motifs is 1. The van der Waals surface area contributed by atoms with Gasteiger partial charge in [-0.1, -0.05) is 109 Å². The number of ether oxygens (including phenoxy) is 4. The van der Waals surface area contributed by atoms with Crippen LogP contribution < -0.4 is 10.4 Å². The van der Waals surface area contributed by atoms with Crippen molar-refractivity contribution in [2.75, 3.05) is 6.61 Å². The molecule has 2 saturated heterocycles. The summed E-state index contributed by atoms with van der Waals surface area (Å²) in [6, 6.07) is 28.5. The SMILES string of the molecule is CC(=O)OC1C[C@@]2(c3ccc(Br)cc3)O[C@H](CO[Si](c3ccccc3)(c3ccccc3)C(C)(C)C)[C@@H](OC(C)=O)[C@H]2O1. The monoisotopic (exact) mass is 652 g/mol. The van der Waals surface area contributed by atoms with Crippen LogP contribution in [0.5, 0.6) is 0 Å². The Balaban J connectivity index is 1.56. The van der Waals surface area contributed by atoms with Gasteiger partial charge in [0.25, 0.3) is 8.32 Å². The molecule has 222 valence electrons. The van der Waals surface area contributed by atoms with Crippen LogP contribution >= 0.6 is 15.9 Å². The molecule has 0 N–H and O–H groups in total. The molecule has 3 aromatic carbocycles. The third-order valence-corrected chi connectivity index (χ3v) is 13.6. The highest BCUT2D eigenvalue weighted by molar-refractivity contribution is 9.10. The lowest BCUT2D eigenvalue weighted by Gasteiger charge is -2.43. The Labute approximate surface area is 256 Å². The predicted octanol–water partition coefficient (Wildman–Crippen LogP) is 5.23. The first-order chi connectivity index (χ1) is 20.0. The van der Waals surface area contributed by atoms with Crippen molar-refractivity contribution in [2.45, 2.75) is 76.3 Å². The van der Waals surface area contributed by atoms with Crippen molar-refractivity contribution in [3.8, 4) is 0 Å². The number of carbonyl (C=O) groups excluding carboxylic acids is 2.